The molecule has 15 heteroatoms. The summed E-state index contributed by atoms with van der Waals surface area (Å²) >= 11 is 1.88. The minimum absolute atomic E-state index is 0.219. The van der Waals surface area contributed by atoms with Gasteiger partial charge in [-0.2, -0.15) is 0 Å². The highest BCUT2D eigenvalue weighted by molar-refractivity contribution is 7.99. The lowest BCUT2D eigenvalue weighted by atomic mass is 9.80. The Labute approximate surface area is 308 Å². The maximum absolute atomic E-state index is 12.6. The number of carbonyl (C=O) groups is 4. The lowest BCUT2D eigenvalue weighted by Crippen LogP contribution is -2.39. The number of aliphatic carboxylic acids is 2. The second-order valence-corrected chi connectivity index (χ2v) is 13.9. The first-order chi connectivity index (χ1) is 24.9. The standard InChI is InChI=1S/C18H22N2S.C16H12O6.C4H6O6/c1-14(12-19(2)3)13-20-15-8-4-6-10-17(15)21-18-11-7-5-9-16(18)20;1-5-3-7(17)9-11(13(5)19)15(21)10-8(18)4-6(2)14(20)12(10)16(9)22;5-1(3(7)8)2(6)4(9)10/h4-11,14H,12-13H2,1-3H3;3-4,17-20H,1-2H3;1-2,5-6H,(H,7,8)(H,9,10). The van der Waals surface area contributed by atoms with Crippen LogP contribution < -0.4 is 4.90 Å². The van der Waals surface area contributed by atoms with E-state index in [0.29, 0.717) is 5.92 Å². The quantitative estimate of drug-likeness (QED) is 0.109. The summed E-state index contributed by atoms with van der Waals surface area (Å²) in [6.07, 6.45) is -4.53. The molecule has 2 aliphatic rings. The average Bonchev–Trinajstić information content (AvgIpc) is 3.09. The van der Waals surface area contributed by atoms with Gasteiger partial charge in [0.15, 0.2) is 12.2 Å². The van der Waals surface area contributed by atoms with Gasteiger partial charge in [-0.1, -0.05) is 43.0 Å². The molecule has 0 saturated carbocycles. The van der Waals surface area contributed by atoms with E-state index >= 15 is 0 Å². The molecule has 0 aromatic heterocycles. The van der Waals surface area contributed by atoms with Gasteiger partial charge in [0.2, 0.25) is 11.6 Å². The van der Waals surface area contributed by atoms with Crippen LogP contribution in [0.4, 0.5) is 11.4 Å². The van der Waals surface area contributed by atoms with Gasteiger partial charge in [0.1, 0.15) is 23.0 Å². The van der Waals surface area contributed by atoms with Crippen molar-refractivity contribution in [2.24, 2.45) is 5.92 Å². The van der Waals surface area contributed by atoms with Crippen LogP contribution in [0.3, 0.4) is 0 Å². The van der Waals surface area contributed by atoms with Crippen molar-refractivity contribution in [1.82, 2.24) is 4.90 Å². The van der Waals surface area contributed by atoms with Gasteiger partial charge in [-0.3, -0.25) is 9.59 Å². The molecular weight excluding hydrogens is 708 g/mol. The lowest BCUT2D eigenvalue weighted by molar-refractivity contribution is -0.165. The summed E-state index contributed by atoms with van der Waals surface area (Å²) < 4.78 is 0. The number of phenols is 4. The highest BCUT2D eigenvalue weighted by atomic mass is 32.2. The van der Waals surface area contributed by atoms with Gasteiger partial charge in [-0.25, -0.2) is 9.59 Å². The first-order valence-corrected chi connectivity index (χ1v) is 17.0. The zero-order valence-corrected chi connectivity index (χ0v) is 30.2. The van der Waals surface area contributed by atoms with Gasteiger partial charge < -0.3 is 50.7 Å². The Kier molecular flexibility index (Phi) is 12.4. The van der Waals surface area contributed by atoms with Crippen LogP contribution in [0.25, 0.3) is 0 Å². The maximum atomic E-state index is 12.6. The molecule has 6 rings (SSSR count). The normalized spacial score (nSPS) is 14.2. The first-order valence-electron chi connectivity index (χ1n) is 16.2. The van der Waals surface area contributed by atoms with Gasteiger partial charge in [-0.05, 0) is 81.4 Å². The lowest BCUT2D eigenvalue weighted by Gasteiger charge is -2.35. The molecule has 4 aromatic carbocycles. The van der Waals surface area contributed by atoms with Gasteiger partial charge in [0.25, 0.3) is 0 Å². The maximum Gasteiger partial charge on any atom is 0.335 e. The summed E-state index contributed by atoms with van der Waals surface area (Å²) in [6, 6.07) is 19.8. The number of ketones is 2. The van der Waals surface area contributed by atoms with E-state index in [1.807, 2.05) is 11.8 Å². The molecule has 0 amide bonds. The van der Waals surface area contributed by atoms with Crippen molar-refractivity contribution in [2.75, 3.05) is 32.1 Å². The minimum atomic E-state index is -2.27. The third kappa shape index (κ3) is 8.39. The van der Waals surface area contributed by atoms with Crippen molar-refractivity contribution >= 4 is 46.6 Å². The third-order valence-electron chi connectivity index (χ3n) is 8.36. The number of phenolic OH excluding ortho intramolecular Hbond substituents is 4. The van der Waals surface area contributed by atoms with Crippen molar-refractivity contribution < 1.29 is 60.0 Å². The van der Waals surface area contributed by atoms with Crippen LogP contribution in [0.2, 0.25) is 0 Å². The highest BCUT2D eigenvalue weighted by Gasteiger charge is 2.39. The Morgan fingerprint density at radius 2 is 1.08 bits per heavy atom. The van der Waals surface area contributed by atoms with Crippen LogP contribution >= 0.6 is 11.8 Å². The summed E-state index contributed by atoms with van der Waals surface area (Å²) in [5, 5.41) is 72.6. The second-order valence-electron chi connectivity index (χ2n) is 12.9. The Morgan fingerprint density at radius 3 is 1.43 bits per heavy atom. The monoisotopic (exact) mass is 748 g/mol. The van der Waals surface area contributed by atoms with Crippen molar-refractivity contribution in [3.8, 4) is 23.0 Å². The van der Waals surface area contributed by atoms with Gasteiger partial charge in [0, 0.05) is 22.9 Å². The van der Waals surface area contributed by atoms with E-state index < -0.39 is 58.7 Å². The summed E-state index contributed by atoms with van der Waals surface area (Å²) in [5.74, 6) is -6.37. The van der Waals surface area contributed by atoms with Crippen LogP contribution in [-0.4, -0.2) is 109 Å². The largest absolute Gasteiger partial charge is 0.507 e. The van der Waals surface area contributed by atoms with E-state index in [-0.39, 0.29) is 33.4 Å². The van der Waals surface area contributed by atoms with Crippen molar-refractivity contribution in [2.45, 2.75) is 42.8 Å². The molecule has 4 aromatic rings. The number of nitrogens with zero attached hydrogens (tertiary/aromatic N) is 2. The fraction of sp³-hybridized carbons (Fsp3) is 0.263. The van der Waals surface area contributed by atoms with Crippen molar-refractivity contribution in [3.05, 3.63) is 94.0 Å². The van der Waals surface area contributed by atoms with E-state index in [1.165, 1.54) is 35.0 Å². The molecule has 0 bridgehead atoms. The summed E-state index contributed by atoms with van der Waals surface area (Å²) in [5.41, 5.74) is 1.64. The molecular formula is C38H40N2O12S. The number of carboxylic acid groups (broad SMARTS) is 2. The summed E-state index contributed by atoms with van der Waals surface area (Å²) in [6.45, 7) is 7.41. The fourth-order valence-corrected chi connectivity index (χ4v) is 7.07. The molecule has 3 atom stereocenters. The van der Waals surface area contributed by atoms with Gasteiger partial charge >= 0.3 is 11.9 Å². The molecule has 14 nitrogen and oxygen atoms in total. The Morgan fingerprint density at radius 1 is 0.698 bits per heavy atom. The smallest absolute Gasteiger partial charge is 0.335 e. The number of benzene rings is 4. The summed E-state index contributed by atoms with van der Waals surface area (Å²) in [4.78, 5) is 52.1. The number of carbonyl (C=O) groups excluding carboxylic acids is 2. The fourth-order valence-electron chi connectivity index (χ4n) is 5.97. The molecule has 0 radical (unpaired) electrons. The first kappa shape index (κ1) is 40.2. The predicted molar refractivity (Wildman–Crippen MR) is 195 cm³/mol. The zero-order valence-electron chi connectivity index (χ0n) is 29.4. The number of hydrogen-bond donors (Lipinski definition) is 8. The predicted octanol–water partition coefficient (Wildman–Crippen LogP) is 4.27. The molecule has 0 saturated heterocycles. The van der Waals surface area contributed by atoms with Crippen molar-refractivity contribution in [3.63, 3.8) is 0 Å². The molecule has 1 heterocycles. The molecule has 1 aliphatic carbocycles. The molecule has 0 spiro atoms. The van der Waals surface area contributed by atoms with Crippen LogP contribution in [0, 0.1) is 19.8 Å². The van der Waals surface area contributed by atoms with Crippen LogP contribution in [0.5, 0.6) is 23.0 Å². The zero-order chi connectivity index (χ0) is 39.5. The van der Waals surface area contributed by atoms with Crippen LogP contribution in [0.15, 0.2) is 70.5 Å². The molecule has 280 valence electrons. The number of para-hydroxylation sites is 2. The molecule has 53 heavy (non-hydrogen) atoms. The second kappa shape index (κ2) is 16.4. The number of rotatable bonds is 7. The number of anilines is 2. The molecule has 1 aliphatic heterocycles. The van der Waals surface area contributed by atoms with E-state index in [2.05, 4.69) is 79.3 Å². The van der Waals surface area contributed by atoms with E-state index in [1.54, 1.807) is 0 Å². The number of aromatic hydroxyl groups is 4. The average molecular weight is 749 g/mol. The Balaban J connectivity index is 0.000000191. The van der Waals surface area contributed by atoms with E-state index in [4.69, 9.17) is 20.4 Å². The Bertz CT molecular complexity index is 1950. The topological polar surface area (TPSA) is 237 Å². The Hall–Kier alpha value is -5.61. The molecule has 0 fully saturated rings. The number of carboxylic acids is 2. The number of aliphatic hydroxyl groups is 2. The van der Waals surface area contributed by atoms with Gasteiger partial charge in [0.05, 0.1) is 33.6 Å². The van der Waals surface area contributed by atoms with Crippen LogP contribution in [-0.2, 0) is 9.59 Å². The number of aliphatic hydroxyl groups excluding tert-OH is 2. The van der Waals surface area contributed by atoms with E-state index in [0.717, 1.165) is 25.2 Å². The number of fused-ring (bicyclic) bond motifs is 4. The van der Waals surface area contributed by atoms with E-state index in [9.17, 15) is 39.6 Å². The minimum Gasteiger partial charge on any atom is -0.507 e. The highest BCUT2D eigenvalue weighted by Crippen LogP contribution is 2.48. The SMILES string of the molecule is CC(CN(C)C)CN1c2ccccc2Sc2ccccc21.Cc1cc(O)c2c(c1O)C(=O)c1c(O)cc(C)c(O)c1C2=O.O=C(O)C(O)C(O)C(=O)O. The van der Waals surface area contributed by atoms with Crippen molar-refractivity contribution in [1.29, 1.82) is 0 Å². The molecule has 3 unspecified atom stereocenters. The number of aryl methyl sites for hydroxylation is 2. The number of hydrogen-bond acceptors (Lipinski definition) is 13. The van der Waals surface area contributed by atoms with Gasteiger partial charge in [-0.15, -0.1) is 0 Å². The van der Waals surface area contributed by atoms with Crippen LogP contribution in [0.1, 0.15) is 49.9 Å². The molecule has 8 N–H and O–H groups in total. The third-order valence-corrected chi connectivity index (χ3v) is 9.49. The summed E-state index contributed by atoms with van der Waals surface area (Å²) in [7, 11) is 4.29.